The third-order valence-electron chi connectivity index (χ3n) is 3.04. The maximum absolute atomic E-state index is 12.2. The van der Waals surface area contributed by atoms with Crippen molar-refractivity contribution in [1.29, 1.82) is 0 Å². The van der Waals surface area contributed by atoms with Gasteiger partial charge >= 0.3 is 0 Å². The van der Waals surface area contributed by atoms with Gasteiger partial charge in [0.1, 0.15) is 0 Å². The third kappa shape index (κ3) is 3.43. The van der Waals surface area contributed by atoms with E-state index in [0.29, 0.717) is 16.2 Å². The van der Waals surface area contributed by atoms with Crippen molar-refractivity contribution in [2.75, 3.05) is 5.73 Å². The topological polar surface area (TPSA) is 88.7 Å². The van der Waals surface area contributed by atoms with Gasteiger partial charge in [0.15, 0.2) is 10.6 Å². The van der Waals surface area contributed by atoms with E-state index in [4.69, 9.17) is 41.2 Å². The van der Waals surface area contributed by atoms with E-state index in [0.717, 1.165) is 0 Å². The van der Waals surface area contributed by atoms with Crippen molar-refractivity contribution in [3.8, 4) is 0 Å². The van der Waals surface area contributed by atoms with Crippen LogP contribution >= 0.6 is 35.4 Å². The van der Waals surface area contributed by atoms with Gasteiger partial charge in [0.25, 0.3) is 5.91 Å². The Morgan fingerprint density at radius 1 is 1.45 bits per heavy atom. The van der Waals surface area contributed by atoms with E-state index in [1.165, 1.54) is 12.1 Å². The first-order chi connectivity index (χ1) is 10.3. The summed E-state index contributed by atoms with van der Waals surface area (Å²) in [6.45, 7) is 4.19. The number of carbonyl (C=O) groups excluding carboxylic acids is 1. The first-order valence-corrected chi connectivity index (χ1v) is 7.66. The van der Waals surface area contributed by atoms with Gasteiger partial charge < -0.3 is 15.6 Å². The summed E-state index contributed by atoms with van der Waals surface area (Å²) in [4.78, 5) is 12.2. The Balaban J connectivity index is 2.16. The molecule has 1 aromatic carbocycles. The van der Waals surface area contributed by atoms with E-state index in [9.17, 15) is 4.79 Å². The number of aromatic amines is 1. The first kappa shape index (κ1) is 16.8. The average Bonchev–Trinajstić information content (AvgIpc) is 2.82. The van der Waals surface area contributed by atoms with Crippen LogP contribution in [0, 0.1) is 4.77 Å². The molecule has 0 atom stereocenters. The molecule has 0 aliphatic carbocycles. The summed E-state index contributed by atoms with van der Waals surface area (Å²) in [6, 6.07) is 3.08. The molecule has 0 radical (unpaired) electrons. The number of H-pyrrole nitrogens is 1. The molecule has 0 aliphatic heterocycles. The van der Waals surface area contributed by atoms with Gasteiger partial charge in [0, 0.05) is 11.6 Å². The minimum atomic E-state index is -0.326. The van der Waals surface area contributed by atoms with Crippen molar-refractivity contribution >= 4 is 47.0 Å². The second-order valence-electron chi connectivity index (χ2n) is 4.94. The fourth-order valence-corrected chi connectivity index (χ4v) is 2.82. The van der Waals surface area contributed by atoms with Gasteiger partial charge in [-0.05, 0) is 38.2 Å². The Morgan fingerprint density at radius 3 is 2.59 bits per heavy atom. The molecular weight excluding hydrogens is 345 g/mol. The lowest BCUT2D eigenvalue weighted by Crippen LogP contribution is -2.25. The molecule has 2 aromatic rings. The highest BCUT2D eigenvalue weighted by molar-refractivity contribution is 7.71. The summed E-state index contributed by atoms with van der Waals surface area (Å²) in [7, 11) is 0. The maximum Gasteiger partial charge on any atom is 0.251 e. The highest BCUT2D eigenvalue weighted by Gasteiger charge is 2.14. The quantitative estimate of drug-likeness (QED) is 0.576. The van der Waals surface area contributed by atoms with Gasteiger partial charge in [-0.1, -0.05) is 23.2 Å². The molecule has 4 N–H and O–H groups in total. The van der Waals surface area contributed by atoms with Crippen molar-refractivity contribution in [3.63, 3.8) is 0 Å². The predicted octanol–water partition coefficient (Wildman–Crippen LogP) is 3.34. The number of nitrogens with two attached hydrogens (primary N) is 1. The Morgan fingerprint density at radius 2 is 2.05 bits per heavy atom. The fraction of sp³-hybridized carbons (Fsp3) is 0.308. The second-order valence-corrected chi connectivity index (χ2v) is 6.15. The molecule has 0 saturated heterocycles. The highest BCUT2D eigenvalue weighted by Crippen LogP contribution is 2.28. The number of rotatable bonds is 4. The van der Waals surface area contributed by atoms with Crippen LogP contribution in [0.5, 0.6) is 0 Å². The number of benzene rings is 1. The highest BCUT2D eigenvalue weighted by atomic mass is 35.5. The number of nitrogens with zero attached hydrogens (tertiary/aromatic N) is 2. The van der Waals surface area contributed by atoms with Gasteiger partial charge in [0.2, 0.25) is 0 Å². The zero-order valence-electron chi connectivity index (χ0n) is 12.0. The molecule has 1 aromatic heterocycles. The molecule has 2 rings (SSSR count). The Hall–Kier alpha value is -1.57. The maximum atomic E-state index is 12.2. The largest absolute Gasteiger partial charge is 0.396 e. The Labute approximate surface area is 142 Å². The summed E-state index contributed by atoms with van der Waals surface area (Å²) < 4.78 is 2.34. The minimum Gasteiger partial charge on any atom is -0.396 e. The molecule has 0 bridgehead atoms. The normalized spacial score (nSPS) is 11.0. The van der Waals surface area contributed by atoms with Crippen LogP contribution in [0.2, 0.25) is 10.0 Å². The number of anilines is 1. The van der Waals surface area contributed by atoms with Crippen LogP contribution in [0.1, 0.15) is 36.1 Å². The van der Waals surface area contributed by atoms with E-state index >= 15 is 0 Å². The summed E-state index contributed by atoms with van der Waals surface area (Å²) in [5.74, 6) is 0.314. The number of halogens is 2. The Kier molecular flexibility index (Phi) is 5.10. The van der Waals surface area contributed by atoms with Crippen LogP contribution < -0.4 is 11.1 Å². The summed E-state index contributed by atoms with van der Waals surface area (Å²) in [5, 5.41) is 10.1. The van der Waals surface area contributed by atoms with E-state index in [-0.39, 0.29) is 34.2 Å². The monoisotopic (exact) mass is 359 g/mol. The van der Waals surface area contributed by atoms with Gasteiger partial charge in [-0.2, -0.15) is 5.10 Å². The van der Waals surface area contributed by atoms with E-state index in [1.807, 2.05) is 18.4 Å². The molecule has 0 spiro atoms. The number of hydrogen-bond acceptors (Lipinski definition) is 4. The lowest BCUT2D eigenvalue weighted by molar-refractivity contribution is 0.0949. The molecule has 0 fully saturated rings. The number of nitrogens with one attached hydrogen (secondary N) is 2. The number of nitrogen functional groups attached to an aromatic ring is 1. The molecule has 118 valence electrons. The molecule has 0 saturated carbocycles. The number of amides is 1. The molecule has 9 heteroatoms. The van der Waals surface area contributed by atoms with Crippen molar-refractivity contribution in [2.45, 2.75) is 26.4 Å². The summed E-state index contributed by atoms with van der Waals surface area (Å²) >= 11 is 17.0. The standard InChI is InChI=1S/C13H15Cl2N5OS/c1-6(2)20-10(18-19-13(20)22)5-17-12(21)7-3-8(14)11(16)9(15)4-7/h3-4,6H,5,16H2,1-2H3,(H,17,21)(H,19,22). The summed E-state index contributed by atoms with van der Waals surface area (Å²) in [6.07, 6.45) is 0. The minimum absolute atomic E-state index is 0.138. The van der Waals surface area contributed by atoms with Crippen LogP contribution in [0.25, 0.3) is 0 Å². The van der Waals surface area contributed by atoms with Gasteiger partial charge in [-0.15, -0.1) is 0 Å². The fourth-order valence-electron chi connectivity index (χ4n) is 1.97. The van der Waals surface area contributed by atoms with Crippen molar-refractivity contribution < 1.29 is 4.79 Å². The number of carbonyl (C=O) groups is 1. The van der Waals surface area contributed by atoms with Crippen LogP contribution in [0.4, 0.5) is 5.69 Å². The molecule has 22 heavy (non-hydrogen) atoms. The number of aromatic nitrogens is 3. The zero-order chi connectivity index (χ0) is 16.4. The molecular formula is C13H15Cl2N5OS. The second kappa shape index (κ2) is 6.68. The zero-order valence-corrected chi connectivity index (χ0v) is 14.3. The lowest BCUT2D eigenvalue weighted by atomic mass is 10.2. The van der Waals surface area contributed by atoms with Crippen LogP contribution in [-0.4, -0.2) is 20.7 Å². The van der Waals surface area contributed by atoms with Gasteiger partial charge in [-0.25, -0.2) is 0 Å². The molecule has 1 heterocycles. The summed E-state index contributed by atoms with van der Waals surface area (Å²) in [5.41, 5.74) is 6.23. The predicted molar refractivity (Wildman–Crippen MR) is 89.8 cm³/mol. The van der Waals surface area contributed by atoms with Gasteiger partial charge in [0.05, 0.1) is 22.3 Å². The van der Waals surface area contributed by atoms with E-state index in [1.54, 1.807) is 0 Å². The van der Waals surface area contributed by atoms with E-state index < -0.39 is 0 Å². The molecule has 6 nitrogen and oxygen atoms in total. The van der Waals surface area contributed by atoms with Crippen molar-refractivity contribution in [1.82, 2.24) is 20.1 Å². The Bertz CT molecular complexity index is 745. The molecule has 0 aliphatic rings. The smallest absolute Gasteiger partial charge is 0.251 e. The van der Waals surface area contributed by atoms with Crippen molar-refractivity contribution in [2.24, 2.45) is 0 Å². The van der Waals surface area contributed by atoms with Gasteiger partial charge in [-0.3, -0.25) is 9.89 Å². The van der Waals surface area contributed by atoms with Crippen LogP contribution in [-0.2, 0) is 6.54 Å². The first-order valence-electron chi connectivity index (χ1n) is 6.49. The van der Waals surface area contributed by atoms with Crippen molar-refractivity contribution in [3.05, 3.63) is 38.3 Å². The third-order valence-corrected chi connectivity index (χ3v) is 3.96. The lowest BCUT2D eigenvalue weighted by Gasteiger charge is -2.11. The van der Waals surface area contributed by atoms with Crippen LogP contribution in [0.15, 0.2) is 12.1 Å². The number of hydrogen-bond donors (Lipinski definition) is 3. The SMILES string of the molecule is CC(C)n1c(CNC(=O)c2cc(Cl)c(N)c(Cl)c2)n[nH]c1=S. The molecule has 1 amide bonds. The molecule has 0 unspecified atom stereocenters. The average molecular weight is 360 g/mol. The van der Waals surface area contributed by atoms with Crippen LogP contribution in [0.3, 0.4) is 0 Å². The van der Waals surface area contributed by atoms with E-state index in [2.05, 4.69) is 15.5 Å².